The summed E-state index contributed by atoms with van der Waals surface area (Å²) in [6.45, 7) is 7.87. The van der Waals surface area contributed by atoms with Gasteiger partial charge in [0, 0.05) is 49.2 Å². The van der Waals surface area contributed by atoms with Crippen molar-refractivity contribution in [2.45, 2.75) is 26.9 Å². The molecule has 2 aromatic carbocycles. The van der Waals surface area contributed by atoms with E-state index in [1.807, 2.05) is 43.0 Å². The molecule has 0 unspecified atom stereocenters. The molecule has 1 N–H and O–H groups in total. The van der Waals surface area contributed by atoms with E-state index in [0.717, 1.165) is 28.9 Å². The monoisotopic (exact) mass is 469 g/mol. The number of halogens is 3. The molecule has 1 saturated heterocycles. The smallest absolute Gasteiger partial charge is 0.353 e. The molecule has 0 spiro atoms. The summed E-state index contributed by atoms with van der Waals surface area (Å²) in [7, 11) is 0. The maximum Gasteiger partial charge on any atom is 0.416 e. The molecule has 9 heteroatoms. The number of anilines is 2. The van der Waals surface area contributed by atoms with E-state index in [9.17, 15) is 18.0 Å². The van der Waals surface area contributed by atoms with E-state index in [1.165, 1.54) is 6.07 Å². The van der Waals surface area contributed by atoms with E-state index in [-0.39, 0.29) is 11.9 Å². The van der Waals surface area contributed by atoms with E-state index in [0.29, 0.717) is 43.3 Å². The Kier molecular flexibility index (Phi) is 6.45. The number of nitrogens with one attached hydrogen (secondary N) is 1. The normalized spacial score (nSPS) is 14.3. The summed E-state index contributed by atoms with van der Waals surface area (Å²) in [4.78, 5) is 25.4. The van der Waals surface area contributed by atoms with Crippen LogP contribution in [0, 0.1) is 20.8 Å². The molecule has 4 rings (SSSR count). The number of urea groups is 1. The predicted octanol–water partition coefficient (Wildman–Crippen LogP) is 5.44. The number of hydrogen-bond acceptors (Lipinski definition) is 4. The Bertz CT molecular complexity index is 1200. The van der Waals surface area contributed by atoms with Crippen LogP contribution in [0.1, 0.15) is 22.4 Å². The number of carbonyl (C=O) groups excluding carboxylic acids is 1. The molecule has 178 valence electrons. The first-order chi connectivity index (χ1) is 16.1. The number of rotatable bonds is 3. The molecule has 1 aromatic heterocycles. The number of alkyl halides is 3. The van der Waals surface area contributed by atoms with Crippen molar-refractivity contribution in [3.63, 3.8) is 0 Å². The van der Waals surface area contributed by atoms with Gasteiger partial charge < -0.3 is 15.1 Å². The van der Waals surface area contributed by atoms with Crippen LogP contribution in [0.5, 0.6) is 0 Å². The lowest BCUT2D eigenvalue weighted by Crippen LogP contribution is -2.50. The summed E-state index contributed by atoms with van der Waals surface area (Å²) in [5, 5.41) is 2.98. The topological polar surface area (TPSA) is 61.4 Å². The second-order valence-electron chi connectivity index (χ2n) is 8.42. The lowest BCUT2D eigenvalue weighted by atomic mass is 10.1. The molecular formula is C25H26F3N5O. The van der Waals surface area contributed by atoms with Crippen LogP contribution in [-0.4, -0.2) is 47.1 Å². The van der Waals surface area contributed by atoms with Gasteiger partial charge in [0.1, 0.15) is 5.82 Å². The molecule has 6 nitrogen and oxygen atoms in total. The fourth-order valence-corrected chi connectivity index (χ4v) is 3.90. The van der Waals surface area contributed by atoms with Crippen molar-refractivity contribution in [2.75, 3.05) is 36.4 Å². The number of benzene rings is 2. The highest BCUT2D eigenvalue weighted by atomic mass is 19.4. The third-order valence-corrected chi connectivity index (χ3v) is 6.03. The van der Waals surface area contributed by atoms with Gasteiger partial charge in [-0.1, -0.05) is 24.3 Å². The van der Waals surface area contributed by atoms with Gasteiger partial charge in [-0.15, -0.1) is 0 Å². The Morgan fingerprint density at radius 2 is 1.65 bits per heavy atom. The zero-order valence-corrected chi connectivity index (χ0v) is 19.3. The molecule has 34 heavy (non-hydrogen) atoms. The van der Waals surface area contributed by atoms with Crippen LogP contribution in [-0.2, 0) is 6.18 Å². The van der Waals surface area contributed by atoms with E-state index in [1.54, 1.807) is 17.9 Å². The molecule has 0 aliphatic carbocycles. The van der Waals surface area contributed by atoms with Crippen LogP contribution >= 0.6 is 0 Å². The Hall–Kier alpha value is -3.62. The van der Waals surface area contributed by atoms with E-state index in [2.05, 4.69) is 15.3 Å². The van der Waals surface area contributed by atoms with Gasteiger partial charge in [0.05, 0.1) is 5.56 Å². The number of aromatic nitrogens is 2. The molecule has 0 saturated carbocycles. The molecule has 2 heterocycles. The van der Waals surface area contributed by atoms with E-state index < -0.39 is 11.7 Å². The van der Waals surface area contributed by atoms with Crippen molar-refractivity contribution in [1.82, 2.24) is 14.9 Å². The Labute approximate surface area is 196 Å². The van der Waals surface area contributed by atoms with E-state index in [4.69, 9.17) is 0 Å². The van der Waals surface area contributed by atoms with Gasteiger partial charge in [-0.3, -0.25) is 0 Å². The van der Waals surface area contributed by atoms with Crippen LogP contribution < -0.4 is 10.2 Å². The highest BCUT2D eigenvalue weighted by Gasteiger charge is 2.31. The zero-order valence-electron chi connectivity index (χ0n) is 19.3. The van der Waals surface area contributed by atoms with Crippen molar-refractivity contribution >= 4 is 17.5 Å². The predicted molar refractivity (Wildman–Crippen MR) is 126 cm³/mol. The fourth-order valence-electron chi connectivity index (χ4n) is 3.90. The quantitative estimate of drug-likeness (QED) is 0.555. The molecule has 3 aromatic rings. The standard InChI is InChI=1S/C25H26F3N5O/c1-16-6-4-9-21(18(16)3)30-24(34)33-12-10-32(11-13-33)22-14-17(2)29-23(31-22)19-7-5-8-20(15-19)25(26,27)28/h4-9,14-15H,10-13H2,1-3H3,(H,30,34). The summed E-state index contributed by atoms with van der Waals surface area (Å²) >= 11 is 0. The summed E-state index contributed by atoms with van der Waals surface area (Å²) in [5.41, 5.74) is 3.18. The first-order valence-electron chi connectivity index (χ1n) is 11.0. The summed E-state index contributed by atoms with van der Waals surface area (Å²) in [5.74, 6) is 0.880. The second-order valence-corrected chi connectivity index (χ2v) is 8.42. The van der Waals surface area contributed by atoms with Crippen LogP contribution in [0.15, 0.2) is 48.5 Å². The van der Waals surface area contributed by atoms with Gasteiger partial charge in [0.15, 0.2) is 5.82 Å². The molecule has 2 amide bonds. The lowest BCUT2D eigenvalue weighted by Gasteiger charge is -2.35. The average Bonchev–Trinajstić information content (AvgIpc) is 2.81. The minimum atomic E-state index is -4.43. The fraction of sp³-hybridized carbons (Fsp3) is 0.320. The van der Waals surface area contributed by atoms with Crippen LogP contribution in [0.4, 0.5) is 29.5 Å². The van der Waals surface area contributed by atoms with Crippen LogP contribution in [0.25, 0.3) is 11.4 Å². The van der Waals surface area contributed by atoms with Gasteiger partial charge >= 0.3 is 12.2 Å². The number of hydrogen-bond donors (Lipinski definition) is 1. The van der Waals surface area contributed by atoms with Gasteiger partial charge in [-0.2, -0.15) is 13.2 Å². The number of nitrogens with zero attached hydrogens (tertiary/aromatic N) is 4. The molecule has 0 bridgehead atoms. The van der Waals surface area contributed by atoms with E-state index >= 15 is 0 Å². The SMILES string of the molecule is Cc1cc(N2CCN(C(=O)Nc3cccc(C)c3C)CC2)nc(-c2cccc(C(F)(F)F)c2)n1. The first kappa shape index (κ1) is 23.5. The minimum Gasteiger partial charge on any atom is -0.353 e. The van der Waals surface area contributed by atoms with Crippen LogP contribution in [0.2, 0.25) is 0 Å². The highest BCUT2D eigenvalue weighted by molar-refractivity contribution is 5.90. The minimum absolute atomic E-state index is 0.156. The average molecular weight is 470 g/mol. The summed E-state index contributed by atoms with van der Waals surface area (Å²) < 4.78 is 39.4. The van der Waals surface area contributed by atoms with Crippen molar-refractivity contribution in [3.8, 4) is 11.4 Å². The maximum atomic E-state index is 13.1. The Morgan fingerprint density at radius 1 is 0.941 bits per heavy atom. The Morgan fingerprint density at radius 3 is 2.35 bits per heavy atom. The number of aryl methyl sites for hydroxylation is 2. The number of carbonyl (C=O) groups is 1. The van der Waals surface area contributed by atoms with Crippen molar-refractivity contribution < 1.29 is 18.0 Å². The van der Waals surface area contributed by atoms with Crippen LogP contribution in [0.3, 0.4) is 0 Å². The molecule has 1 aliphatic heterocycles. The van der Waals surface area contributed by atoms with Gasteiger partial charge in [-0.25, -0.2) is 14.8 Å². The van der Waals surface area contributed by atoms with Crippen molar-refractivity contribution in [2.24, 2.45) is 0 Å². The third kappa shape index (κ3) is 5.13. The van der Waals surface area contributed by atoms with Gasteiger partial charge in [0.2, 0.25) is 0 Å². The molecular weight excluding hydrogens is 443 g/mol. The molecule has 0 atom stereocenters. The largest absolute Gasteiger partial charge is 0.416 e. The lowest BCUT2D eigenvalue weighted by molar-refractivity contribution is -0.137. The second kappa shape index (κ2) is 9.32. The maximum absolute atomic E-state index is 13.1. The molecule has 1 aliphatic rings. The van der Waals surface area contributed by atoms with Crippen molar-refractivity contribution in [3.05, 3.63) is 70.9 Å². The number of amides is 2. The zero-order chi connectivity index (χ0) is 24.5. The van der Waals surface area contributed by atoms with Crippen molar-refractivity contribution in [1.29, 1.82) is 0 Å². The highest BCUT2D eigenvalue weighted by Crippen LogP contribution is 2.32. The van der Waals surface area contributed by atoms with Gasteiger partial charge in [-0.05, 0) is 50.1 Å². The molecule has 1 fully saturated rings. The summed E-state index contributed by atoms with van der Waals surface area (Å²) in [6.07, 6.45) is -4.43. The Balaban J connectivity index is 1.46. The van der Waals surface area contributed by atoms with Gasteiger partial charge in [0.25, 0.3) is 0 Å². The first-order valence-corrected chi connectivity index (χ1v) is 11.0. The molecule has 0 radical (unpaired) electrons. The summed E-state index contributed by atoms with van der Waals surface area (Å²) in [6, 6.07) is 12.5. The third-order valence-electron chi connectivity index (χ3n) is 6.03. The number of piperazine rings is 1.